The van der Waals surface area contributed by atoms with Crippen LogP contribution < -0.4 is 4.57 Å². The maximum absolute atomic E-state index is 11.5. The number of carbonyl (C=O) groups excluding carboxylic acids is 1. The number of hydrogen-bond donors (Lipinski definition) is 1. The fourth-order valence-corrected chi connectivity index (χ4v) is 3.77. The second-order valence-corrected chi connectivity index (χ2v) is 6.09. The normalized spacial score (nSPS) is 16.4. The van der Waals surface area contributed by atoms with Crippen molar-refractivity contribution in [2.24, 2.45) is 0 Å². The minimum atomic E-state index is 0.0956. The van der Waals surface area contributed by atoms with Crippen LogP contribution in [0.3, 0.4) is 0 Å². The first-order valence-corrected chi connectivity index (χ1v) is 7.92. The Morgan fingerprint density at radius 1 is 1.14 bits per heavy atom. The molecule has 112 valence electrons. The zero-order valence-electron chi connectivity index (χ0n) is 12.4. The Morgan fingerprint density at radius 3 is 2.68 bits per heavy atom. The van der Waals surface area contributed by atoms with Gasteiger partial charge in [0.2, 0.25) is 0 Å². The molecule has 1 aromatic carbocycles. The van der Waals surface area contributed by atoms with Crippen LogP contribution >= 0.6 is 0 Å². The third-order valence-corrected chi connectivity index (χ3v) is 4.83. The van der Waals surface area contributed by atoms with E-state index in [1.54, 1.807) is 0 Å². The smallest absolute Gasteiger partial charge is 0.334 e. The number of rotatable bonds is 2. The number of imidazole rings is 1. The van der Waals surface area contributed by atoms with Crippen LogP contribution in [0.1, 0.15) is 48.6 Å². The number of fused-ring (bicyclic) bond motifs is 3. The predicted molar refractivity (Wildman–Crippen MR) is 84.3 cm³/mol. The van der Waals surface area contributed by atoms with Crippen molar-refractivity contribution in [2.45, 2.75) is 38.1 Å². The van der Waals surface area contributed by atoms with Gasteiger partial charge in [-0.15, -0.1) is 0 Å². The molecule has 0 spiro atoms. The molecule has 22 heavy (non-hydrogen) atoms. The van der Waals surface area contributed by atoms with E-state index >= 15 is 0 Å². The number of benzene rings is 1. The zero-order chi connectivity index (χ0) is 15.1. The Bertz CT molecular complexity index is 860. The number of aromatic nitrogens is 2. The molecule has 2 aromatic heterocycles. The quantitative estimate of drug-likeness (QED) is 0.582. The lowest BCUT2D eigenvalue weighted by molar-refractivity contribution is -0.705. The average Bonchev–Trinajstić information content (AvgIpc) is 2.87. The van der Waals surface area contributed by atoms with Gasteiger partial charge in [0.25, 0.3) is 11.3 Å². The van der Waals surface area contributed by atoms with Gasteiger partial charge < -0.3 is 5.11 Å². The van der Waals surface area contributed by atoms with Gasteiger partial charge in [-0.3, -0.25) is 4.79 Å². The molecule has 0 bridgehead atoms. The molecule has 1 fully saturated rings. The van der Waals surface area contributed by atoms with E-state index in [9.17, 15) is 9.90 Å². The monoisotopic (exact) mass is 295 g/mol. The van der Waals surface area contributed by atoms with Crippen molar-refractivity contribution in [3.05, 3.63) is 42.2 Å². The van der Waals surface area contributed by atoms with Gasteiger partial charge in [-0.05, 0) is 43.2 Å². The summed E-state index contributed by atoms with van der Waals surface area (Å²) in [7, 11) is 0. The number of aromatic hydroxyl groups is 1. The highest BCUT2D eigenvalue weighted by Gasteiger charge is 2.32. The maximum atomic E-state index is 11.5. The summed E-state index contributed by atoms with van der Waals surface area (Å²) in [6.45, 7) is 0. The minimum Gasteiger partial charge on any atom is -0.475 e. The zero-order valence-corrected chi connectivity index (χ0v) is 12.4. The Balaban J connectivity index is 2.10. The van der Waals surface area contributed by atoms with Crippen LogP contribution in [0.25, 0.3) is 16.4 Å². The SMILES string of the molecule is O=Cc1c(O)[n+](C2CCCCC2)c2c3ccccc3ccn12. The summed E-state index contributed by atoms with van der Waals surface area (Å²) in [5.41, 5.74) is 1.26. The minimum absolute atomic E-state index is 0.0956. The lowest BCUT2D eigenvalue weighted by atomic mass is 9.95. The van der Waals surface area contributed by atoms with Crippen molar-refractivity contribution in [1.82, 2.24) is 4.40 Å². The highest BCUT2D eigenvalue weighted by Crippen LogP contribution is 2.30. The molecule has 1 aliphatic rings. The molecule has 0 atom stereocenters. The molecule has 0 saturated heterocycles. The van der Waals surface area contributed by atoms with Crippen LogP contribution in [0.4, 0.5) is 0 Å². The molecule has 3 aromatic rings. The Labute approximate surface area is 128 Å². The van der Waals surface area contributed by atoms with E-state index in [1.807, 2.05) is 33.4 Å². The lowest BCUT2D eigenvalue weighted by Gasteiger charge is -2.19. The molecule has 0 unspecified atom stereocenters. The van der Waals surface area contributed by atoms with Crippen molar-refractivity contribution in [3.63, 3.8) is 0 Å². The molecule has 1 N–H and O–H groups in total. The summed E-state index contributed by atoms with van der Waals surface area (Å²) in [5, 5.41) is 12.8. The summed E-state index contributed by atoms with van der Waals surface area (Å²) in [5.74, 6) is 0.0956. The van der Waals surface area contributed by atoms with Crippen LogP contribution in [0.15, 0.2) is 36.5 Å². The van der Waals surface area contributed by atoms with Gasteiger partial charge in [0.05, 0.1) is 11.6 Å². The van der Waals surface area contributed by atoms with Crippen molar-refractivity contribution in [3.8, 4) is 5.88 Å². The topological polar surface area (TPSA) is 45.6 Å². The number of carbonyl (C=O) groups is 1. The molecular formula is C18H19N2O2+. The van der Waals surface area contributed by atoms with Crippen molar-refractivity contribution >= 4 is 22.7 Å². The average molecular weight is 295 g/mol. The summed E-state index contributed by atoms with van der Waals surface area (Å²) >= 11 is 0. The van der Waals surface area contributed by atoms with E-state index in [2.05, 4.69) is 12.1 Å². The van der Waals surface area contributed by atoms with E-state index in [-0.39, 0.29) is 11.9 Å². The summed E-state index contributed by atoms with van der Waals surface area (Å²) in [6, 6.07) is 10.4. The Kier molecular flexibility index (Phi) is 3.10. The number of pyridine rings is 1. The third-order valence-electron chi connectivity index (χ3n) is 4.83. The molecule has 0 amide bonds. The first kappa shape index (κ1) is 13.3. The van der Waals surface area contributed by atoms with Crippen LogP contribution in [0.2, 0.25) is 0 Å². The summed E-state index contributed by atoms with van der Waals surface area (Å²) in [4.78, 5) is 11.5. The van der Waals surface area contributed by atoms with Gasteiger partial charge in [-0.25, -0.2) is 0 Å². The summed E-state index contributed by atoms with van der Waals surface area (Å²) in [6.07, 6.45) is 8.34. The number of nitrogens with zero attached hydrogens (tertiary/aromatic N) is 2. The van der Waals surface area contributed by atoms with Crippen molar-refractivity contribution < 1.29 is 14.5 Å². The molecule has 1 saturated carbocycles. The molecule has 4 heteroatoms. The molecule has 0 aliphatic heterocycles. The van der Waals surface area contributed by atoms with Crippen molar-refractivity contribution in [2.75, 3.05) is 0 Å². The van der Waals surface area contributed by atoms with Gasteiger partial charge in [-0.1, -0.05) is 24.6 Å². The highest BCUT2D eigenvalue weighted by molar-refractivity contribution is 5.94. The van der Waals surface area contributed by atoms with E-state index < -0.39 is 0 Å². The van der Waals surface area contributed by atoms with Crippen molar-refractivity contribution in [1.29, 1.82) is 0 Å². The predicted octanol–water partition coefficient (Wildman–Crippen LogP) is 3.40. The number of hydrogen-bond acceptors (Lipinski definition) is 2. The van der Waals surface area contributed by atoms with E-state index in [4.69, 9.17) is 0 Å². The fourth-order valence-electron chi connectivity index (χ4n) is 3.77. The first-order valence-electron chi connectivity index (χ1n) is 7.92. The highest BCUT2D eigenvalue weighted by atomic mass is 16.3. The van der Waals surface area contributed by atoms with Gasteiger partial charge >= 0.3 is 5.88 Å². The van der Waals surface area contributed by atoms with Crippen LogP contribution in [0, 0.1) is 0 Å². The van der Waals surface area contributed by atoms with Crippen LogP contribution in [0.5, 0.6) is 5.88 Å². The molecule has 4 rings (SSSR count). The van der Waals surface area contributed by atoms with Gasteiger partial charge in [0, 0.05) is 0 Å². The van der Waals surface area contributed by atoms with E-state index in [0.717, 1.165) is 35.5 Å². The molecule has 4 nitrogen and oxygen atoms in total. The van der Waals surface area contributed by atoms with Gasteiger partial charge in [0.1, 0.15) is 6.04 Å². The molecular weight excluding hydrogens is 276 g/mol. The second-order valence-electron chi connectivity index (χ2n) is 6.09. The van der Waals surface area contributed by atoms with Gasteiger partial charge in [0.15, 0.2) is 6.29 Å². The van der Waals surface area contributed by atoms with Crippen LogP contribution in [-0.4, -0.2) is 15.8 Å². The Morgan fingerprint density at radius 2 is 1.91 bits per heavy atom. The summed E-state index contributed by atoms with van der Waals surface area (Å²) < 4.78 is 3.80. The molecule has 0 radical (unpaired) electrons. The standard InChI is InChI=1S/C18H18N2O2/c21-12-16-18(22)20(14-7-2-1-3-8-14)17-15-9-5-4-6-13(15)10-11-19(16)17/h4-6,9-12,14H,1-3,7-8H2/p+1. The van der Waals surface area contributed by atoms with E-state index in [1.165, 1.54) is 19.3 Å². The maximum Gasteiger partial charge on any atom is 0.334 e. The van der Waals surface area contributed by atoms with Gasteiger partial charge in [-0.2, -0.15) is 8.97 Å². The fraction of sp³-hybridized carbons (Fsp3) is 0.333. The Hall–Kier alpha value is -2.36. The molecule has 2 heterocycles. The third kappa shape index (κ3) is 1.83. The van der Waals surface area contributed by atoms with Crippen LogP contribution in [-0.2, 0) is 0 Å². The number of aldehydes is 1. The second kappa shape index (κ2) is 5.13. The van der Waals surface area contributed by atoms with E-state index in [0.29, 0.717) is 5.69 Å². The lowest BCUT2D eigenvalue weighted by Crippen LogP contribution is -2.40. The molecule has 1 aliphatic carbocycles. The first-order chi connectivity index (χ1) is 10.8. The largest absolute Gasteiger partial charge is 0.475 e.